The van der Waals surface area contributed by atoms with Gasteiger partial charge in [-0.3, -0.25) is 4.79 Å². The minimum absolute atomic E-state index is 0.0327. The molecule has 6 heteroatoms. The summed E-state index contributed by atoms with van der Waals surface area (Å²) in [5.74, 6) is 0.727. The van der Waals surface area contributed by atoms with Gasteiger partial charge in [0.1, 0.15) is 4.88 Å². The summed E-state index contributed by atoms with van der Waals surface area (Å²) in [4.78, 5) is 19.4. The van der Waals surface area contributed by atoms with E-state index in [0.717, 1.165) is 11.4 Å². The van der Waals surface area contributed by atoms with Gasteiger partial charge in [0.25, 0.3) is 5.91 Å². The molecule has 0 bridgehead atoms. The molecule has 1 aliphatic heterocycles. The summed E-state index contributed by atoms with van der Waals surface area (Å²) in [6.07, 6.45) is 4.07. The van der Waals surface area contributed by atoms with Gasteiger partial charge in [-0.05, 0) is 24.0 Å². The van der Waals surface area contributed by atoms with Crippen LogP contribution in [0.3, 0.4) is 0 Å². The normalized spacial score (nSPS) is 21.5. The molecule has 2 aromatic rings. The molecule has 5 nitrogen and oxygen atoms in total. The third-order valence-electron chi connectivity index (χ3n) is 4.05. The molecule has 1 atom stereocenters. The second-order valence-electron chi connectivity index (χ2n) is 6.12. The van der Waals surface area contributed by atoms with Gasteiger partial charge >= 0.3 is 0 Å². The Labute approximate surface area is 127 Å². The molecule has 0 aliphatic carbocycles. The minimum atomic E-state index is -0.0531. The number of piperidine rings is 1. The zero-order valence-corrected chi connectivity index (χ0v) is 13.0. The van der Waals surface area contributed by atoms with Crippen molar-refractivity contribution >= 4 is 17.2 Å². The number of nitrogens with zero attached hydrogens (tertiary/aromatic N) is 2. The number of likely N-dealkylation sites (tertiary alicyclic amines) is 1. The van der Waals surface area contributed by atoms with E-state index in [1.54, 1.807) is 12.5 Å². The maximum Gasteiger partial charge on any atom is 0.265 e. The first-order chi connectivity index (χ1) is 9.97. The number of aromatic nitrogens is 1. The van der Waals surface area contributed by atoms with Crippen molar-refractivity contribution in [1.29, 1.82) is 0 Å². The summed E-state index contributed by atoms with van der Waals surface area (Å²) < 4.78 is 5.31. The molecular weight excluding hydrogens is 286 g/mol. The summed E-state index contributed by atoms with van der Waals surface area (Å²) in [5.41, 5.74) is 6.07. The number of carbonyl (C=O) groups excluding carboxylic acids is 1. The molecule has 0 saturated carbocycles. The van der Waals surface area contributed by atoms with E-state index < -0.39 is 0 Å². The molecule has 1 saturated heterocycles. The van der Waals surface area contributed by atoms with Gasteiger partial charge in [-0.15, -0.1) is 11.3 Å². The first kappa shape index (κ1) is 14.3. The highest BCUT2D eigenvalue weighted by Crippen LogP contribution is 2.31. The molecule has 2 N–H and O–H groups in total. The van der Waals surface area contributed by atoms with Crippen LogP contribution in [-0.2, 0) is 0 Å². The topological polar surface area (TPSA) is 72.4 Å². The van der Waals surface area contributed by atoms with Gasteiger partial charge in [0.2, 0.25) is 0 Å². The van der Waals surface area contributed by atoms with Gasteiger partial charge < -0.3 is 15.1 Å². The van der Waals surface area contributed by atoms with Crippen molar-refractivity contribution in [1.82, 2.24) is 9.88 Å². The lowest BCUT2D eigenvalue weighted by atomic mass is 9.79. The van der Waals surface area contributed by atoms with Crippen molar-refractivity contribution in [2.75, 3.05) is 13.1 Å². The molecule has 0 radical (unpaired) electrons. The van der Waals surface area contributed by atoms with Crippen LogP contribution in [0, 0.1) is 5.41 Å². The van der Waals surface area contributed by atoms with Gasteiger partial charge in [0.15, 0.2) is 10.8 Å². The summed E-state index contributed by atoms with van der Waals surface area (Å²) in [5, 5.41) is 0.733. The van der Waals surface area contributed by atoms with Gasteiger partial charge in [0.05, 0.1) is 12.5 Å². The highest BCUT2D eigenvalue weighted by Gasteiger charge is 2.36. The van der Waals surface area contributed by atoms with Crippen LogP contribution in [0.1, 0.15) is 29.9 Å². The summed E-state index contributed by atoms with van der Waals surface area (Å²) in [7, 11) is 0. The molecule has 112 valence electrons. The van der Waals surface area contributed by atoms with E-state index in [2.05, 4.69) is 18.8 Å². The number of furan rings is 1. The molecule has 1 fully saturated rings. The average molecular weight is 305 g/mol. The number of thiazole rings is 1. The Morgan fingerprint density at radius 3 is 3.05 bits per heavy atom. The Balaban J connectivity index is 1.77. The van der Waals surface area contributed by atoms with Gasteiger partial charge in [-0.2, -0.15) is 0 Å². The predicted molar refractivity (Wildman–Crippen MR) is 82.1 cm³/mol. The Hall–Kier alpha value is -1.66. The quantitative estimate of drug-likeness (QED) is 0.925. The first-order valence-electron chi connectivity index (χ1n) is 7.02. The lowest BCUT2D eigenvalue weighted by molar-refractivity contribution is 0.0537. The molecule has 21 heavy (non-hydrogen) atoms. The second kappa shape index (κ2) is 5.27. The standard InChI is InChI=1S/C15H19N3O2S/c1-15(2)9-18(6-5-12(15)16)14(19)11-8-17-13(21-11)10-4-3-7-20-10/h3-4,7-8,12H,5-6,9,16H2,1-2H3. The Morgan fingerprint density at radius 2 is 2.38 bits per heavy atom. The summed E-state index contributed by atoms with van der Waals surface area (Å²) in [6, 6.07) is 3.80. The zero-order valence-electron chi connectivity index (χ0n) is 12.2. The van der Waals surface area contributed by atoms with Gasteiger partial charge in [0, 0.05) is 19.1 Å². The van der Waals surface area contributed by atoms with E-state index in [4.69, 9.17) is 10.2 Å². The van der Waals surface area contributed by atoms with E-state index in [0.29, 0.717) is 23.7 Å². The minimum Gasteiger partial charge on any atom is -0.462 e. The SMILES string of the molecule is CC1(C)CN(C(=O)c2cnc(-c3ccco3)s2)CCC1N. The van der Waals surface area contributed by atoms with Crippen LogP contribution < -0.4 is 5.73 Å². The Kier molecular flexibility index (Phi) is 3.59. The first-order valence-corrected chi connectivity index (χ1v) is 7.83. The predicted octanol–water partition coefficient (Wildman–Crippen LogP) is 2.60. The monoisotopic (exact) mass is 305 g/mol. The van der Waals surface area contributed by atoms with Gasteiger partial charge in [-0.25, -0.2) is 4.98 Å². The van der Waals surface area contributed by atoms with Crippen molar-refractivity contribution in [3.8, 4) is 10.8 Å². The lowest BCUT2D eigenvalue weighted by Crippen LogP contribution is -2.53. The fraction of sp³-hybridized carbons (Fsp3) is 0.467. The van der Waals surface area contributed by atoms with E-state index in [9.17, 15) is 4.79 Å². The largest absolute Gasteiger partial charge is 0.462 e. The zero-order chi connectivity index (χ0) is 15.0. The number of hydrogen-bond donors (Lipinski definition) is 1. The van der Waals surface area contributed by atoms with Crippen LogP contribution in [-0.4, -0.2) is 34.9 Å². The summed E-state index contributed by atoms with van der Waals surface area (Å²) in [6.45, 7) is 5.61. The fourth-order valence-corrected chi connectivity index (χ4v) is 3.44. The van der Waals surface area contributed by atoms with E-state index in [1.165, 1.54) is 11.3 Å². The highest BCUT2D eigenvalue weighted by molar-refractivity contribution is 7.16. The molecule has 3 rings (SSSR count). The highest BCUT2D eigenvalue weighted by atomic mass is 32.1. The molecule has 1 unspecified atom stereocenters. The van der Waals surface area contributed by atoms with E-state index in [1.807, 2.05) is 17.0 Å². The number of hydrogen-bond acceptors (Lipinski definition) is 5. The Morgan fingerprint density at radius 1 is 1.57 bits per heavy atom. The lowest BCUT2D eigenvalue weighted by Gasteiger charge is -2.42. The van der Waals surface area contributed by atoms with Crippen molar-refractivity contribution in [3.63, 3.8) is 0 Å². The molecule has 2 aromatic heterocycles. The number of carbonyl (C=O) groups is 1. The maximum absolute atomic E-state index is 12.6. The fourth-order valence-electron chi connectivity index (χ4n) is 2.59. The van der Waals surface area contributed by atoms with Crippen LogP contribution in [0.5, 0.6) is 0 Å². The molecule has 1 amide bonds. The van der Waals surface area contributed by atoms with Crippen LogP contribution >= 0.6 is 11.3 Å². The maximum atomic E-state index is 12.6. The molecule has 1 aliphatic rings. The smallest absolute Gasteiger partial charge is 0.265 e. The molecule has 0 aromatic carbocycles. The van der Waals surface area contributed by atoms with E-state index >= 15 is 0 Å². The third kappa shape index (κ3) is 2.73. The van der Waals surface area contributed by atoms with Crippen LogP contribution in [0.25, 0.3) is 10.8 Å². The van der Waals surface area contributed by atoms with Crippen LogP contribution in [0.4, 0.5) is 0 Å². The number of nitrogens with two attached hydrogens (primary N) is 1. The van der Waals surface area contributed by atoms with Crippen molar-refractivity contribution in [2.24, 2.45) is 11.1 Å². The second-order valence-corrected chi connectivity index (χ2v) is 7.15. The molecular formula is C15H19N3O2S. The van der Waals surface area contributed by atoms with Crippen LogP contribution in [0.2, 0.25) is 0 Å². The van der Waals surface area contributed by atoms with Crippen molar-refractivity contribution < 1.29 is 9.21 Å². The van der Waals surface area contributed by atoms with Crippen molar-refractivity contribution in [2.45, 2.75) is 26.3 Å². The van der Waals surface area contributed by atoms with E-state index in [-0.39, 0.29) is 17.4 Å². The average Bonchev–Trinajstić information content (AvgIpc) is 3.10. The van der Waals surface area contributed by atoms with Gasteiger partial charge in [-0.1, -0.05) is 13.8 Å². The van der Waals surface area contributed by atoms with Crippen molar-refractivity contribution in [3.05, 3.63) is 29.5 Å². The number of amides is 1. The number of rotatable bonds is 2. The van der Waals surface area contributed by atoms with Crippen LogP contribution in [0.15, 0.2) is 29.0 Å². The third-order valence-corrected chi connectivity index (χ3v) is 5.05. The molecule has 0 spiro atoms. The summed E-state index contributed by atoms with van der Waals surface area (Å²) >= 11 is 1.37. The molecule has 3 heterocycles. The Bertz CT molecular complexity index is 633.